The first-order chi connectivity index (χ1) is 5.64. The van der Waals surface area contributed by atoms with Crippen molar-refractivity contribution in [3.8, 4) is 0 Å². The van der Waals surface area contributed by atoms with Crippen LogP contribution in [0.3, 0.4) is 0 Å². The van der Waals surface area contributed by atoms with Gasteiger partial charge in [0.2, 0.25) is 0 Å². The molecule has 1 saturated carbocycles. The van der Waals surface area contributed by atoms with Crippen molar-refractivity contribution >= 4 is 0 Å². The van der Waals surface area contributed by atoms with Gasteiger partial charge in [0.15, 0.2) is 0 Å². The molecule has 12 heavy (non-hydrogen) atoms. The summed E-state index contributed by atoms with van der Waals surface area (Å²) in [6.07, 6.45) is 3.89. The van der Waals surface area contributed by atoms with Gasteiger partial charge in [-0.25, -0.2) is 0 Å². The largest absolute Gasteiger partial charge is 0.369 e. The molecule has 1 nitrogen and oxygen atoms in total. The van der Waals surface area contributed by atoms with Gasteiger partial charge in [0.25, 0.3) is 0 Å². The molecule has 1 heteroatoms. The molecule has 1 aliphatic carbocycles. The average molecular weight is 166 g/mol. The summed E-state index contributed by atoms with van der Waals surface area (Å²) in [6.45, 7) is 9.51. The minimum Gasteiger partial charge on any atom is -0.369 e. The fraction of sp³-hybridized carbons (Fsp3) is 0.818. The Labute approximate surface area is 74.8 Å². The van der Waals surface area contributed by atoms with Crippen LogP contribution >= 0.6 is 0 Å². The normalized spacial score (nSPS) is 46.2. The lowest BCUT2D eigenvalue weighted by atomic mass is 9.72. The molecule has 1 saturated heterocycles. The third kappa shape index (κ3) is 1.20. The summed E-state index contributed by atoms with van der Waals surface area (Å²) in [4.78, 5) is 0. The second kappa shape index (κ2) is 2.59. The molecule has 0 bridgehead atoms. The van der Waals surface area contributed by atoms with Gasteiger partial charge in [-0.05, 0) is 32.1 Å². The zero-order chi connectivity index (χ0) is 8.77. The molecule has 1 heterocycles. The third-order valence-electron chi connectivity index (χ3n) is 3.39. The second-order valence-corrected chi connectivity index (χ2v) is 4.64. The lowest BCUT2D eigenvalue weighted by Gasteiger charge is -2.33. The smallest absolute Gasteiger partial charge is 0.0983 e. The van der Waals surface area contributed by atoms with Gasteiger partial charge in [-0.3, -0.25) is 0 Å². The number of rotatable bonds is 1. The van der Waals surface area contributed by atoms with Crippen LogP contribution in [0.1, 0.15) is 33.1 Å². The summed E-state index contributed by atoms with van der Waals surface area (Å²) < 4.78 is 5.62. The highest BCUT2D eigenvalue weighted by molar-refractivity contribution is 5.14. The van der Waals surface area contributed by atoms with Gasteiger partial charge in [-0.1, -0.05) is 19.1 Å². The summed E-state index contributed by atoms with van der Waals surface area (Å²) >= 11 is 0. The quantitative estimate of drug-likeness (QED) is 0.431. The number of ether oxygens (including phenoxy) is 1. The van der Waals surface area contributed by atoms with Gasteiger partial charge >= 0.3 is 0 Å². The number of hydrogen-bond donors (Lipinski definition) is 0. The molecular formula is C11H18O. The minimum atomic E-state index is 0.240. The Kier molecular flexibility index (Phi) is 1.80. The van der Waals surface area contributed by atoms with Crippen molar-refractivity contribution in [1.29, 1.82) is 0 Å². The van der Waals surface area contributed by atoms with Crippen LogP contribution in [0.25, 0.3) is 0 Å². The molecule has 3 atom stereocenters. The van der Waals surface area contributed by atoms with Gasteiger partial charge in [0.05, 0.1) is 12.2 Å². The van der Waals surface area contributed by atoms with E-state index in [9.17, 15) is 0 Å². The van der Waals surface area contributed by atoms with E-state index in [0.29, 0.717) is 5.92 Å². The Morgan fingerprint density at radius 3 is 2.67 bits per heavy atom. The summed E-state index contributed by atoms with van der Waals surface area (Å²) in [6, 6.07) is 0. The number of epoxide rings is 1. The molecular weight excluding hydrogens is 148 g/mol. The SMILES string of the molecule is C=C(C)[C@H]1CC[C@H](C)CC12CO2. The molecule has 0 aromatic carbocycles. The first kappa shape index (κ1) is 8.31. The van der Waals surface area contributed by atoms with Crippen LogP contribution in [0.5, 0.6) is 0 Å². The zero-order valence-corrected chi connectivity index (χ0v) is 8.10. The molecule has 0 radical (unpaired) electrons. The van der Waals surface area contributed by atoms with E-state index in [1.54, 1.807) is 0 Å². The van der Waals surface area contributed by atoms with Crippen LogP contribution in [0.2, 0.25) is 0 Å². The van der Waals surface area contributed by atoms with Crippen LogP contribution in [0.15, 0.2) is 12.2 Å². The van der Waals surface area contributed by atoms with Crippen LogP contribution in [0.4, 0.5) is 0 Å². The topological polar surface area (TPSA) is 12.5 Å². The van der Waals surface area contributed by atoms with Crippen molar-refractivity contribution in [2.24, 2.45) is 11.8 Å². The van der Waals surface area contributed by atoms with Crippen molar-refractivity contribution < 1.29 is 4.74 Å². The predicted molar refractivity (Wildman–Crippen MR) is 50.0 cm³/mol. The standard InChI is InChI=1S/C11H18O/c1-8(2)10-5-4-9(3)6-11(10)7-12-11/h9-10H,1,4-7H2,2-3H3/t9-,10+,11?/m0/s1. The molecule has 2 rings (SSSR count). The maximum Gasteiger partial charge on any atom is 0.0983 e. The Bertz CT molecular complexity index is 203. The fourth-order valence-electron chi connectivity index (χ4n) is 2.66. The zero-order valence-electron chi connectivity index (χ0n) is 8.10. The van der Waals surface area contributed by atoms with E-state index in [2.05, 4.69) is 20.4 Å². The lowest BCUT2D eigenvalue weighted by molar-refractivity contribution is 0.149. The maximum absolute atomic E-state index is 5.62. The summed E-state index contributed by atoms with van der Waals surface area (Å²) in [5.41, 5.74) is 1.56. The Morgan fingerprint density at radius 1 is 1.50 bits per heavy atom. The van der Waals surface area contributed by atoms with E-state index in [-0.39, 0.29) is 5.60 Å². The van der Waals surface area contributed by atoms with E-state index in [1.807, 2.05) is 0 Å². The van der Waals surface area contributed by atoms with E-state index in [1.165, 1.54) is 24.8 Å². The molecule has 1 spiro atoms. The monoisotopic (exact) mass is 166 g/mol. The highest BCUT2D eigenvalue weighted by Crippen LogP contribution is 2.50. The van der Waals surface area contributed by atoms with Gasteiger partial charge in [-0.15, -0.1) is 0 Å². The van der Waals surface area contributed by atoms with Crippen LogP contribution in [-0.4, -0.2) is 12.2 Å². The minimum absolute atomic E-state index is 0.240. The number of hydrogen-bond acceptors (Lipinski definition) is 1. The highest BCUT2D eigenvalue weighted by Gasteiger charge is 2.53. The Hall–Kier alpha value is -0.300. The van der Waals surface area contributed by atoms with Crippen molar-refractivity contribution in [3.63, 3.8) is 0 Å². The lowest BCUT2D eigenvalue weighted by Crippen LogP contribution is -2.32. The van der Waals surface area contributed by atoms with Crippen LogP contribution in [0, 0.1) is 11.8 Å². The van der Waals surface area contributed by atoms with Gasteiger partial charge in [0.1, 0.15) is 0 Å². The van der Waals surface area contributed by atoms with E-state index in [0.717, 1.165) is 12.5 Å². The molecule has 0 amide bonds. The summed E-state index contributed by atoms with van der Waals surface area (Å²) in [5.74, 6) is 1.50. The van der Waals surface area contributed by atoms with Gasteiger partial charge in [0, 0.05) is 5.92 Å². The first-order valence-electron chi connectivity index (χ1n) is 4.93. The summed E-state index contributed by atoms with van der Waals surface area (Å²) in [7, 11) is 0. The molecule has 1 aliphatic heterocycles. The van der Waals surface area contributed by atoms with Crippen molar-refractivity contribution in [3.05, 3.63) is 12.2 Å². The second-order valence-electron chi connectivity index (χ2n) is 4.64. The molecule has 2 fully saturated rings. The predicted octanol–water partition coefficient (Wildman–Crippen LogP) is 2.77. The molecule has 68 valence electrons. The first-order valence-corrected chi connectivity index (χ1v) is 4.93. The van der Waals surface area contributed by atoms with E-state index < -0.39 is 0 Å². The summed E-state index contributed by atoms with van der Waals surface area (Å²) in [5, 5.41) is 0. The highest BCUT2D eigenvalue weighted by atomic mass is 16.6. The van der Waals surface area contributed by atoms with Crippen molar-refractivity contribution in [2.45, 2.75) is 38.7 Å². The third-order valence-corrected chi connectivity index (χ3v) is 3.39. The fourth-order valence-corrected chi connectivity index (χ4v) is 2.66. The molecule has 0 aromatic rings. The Balaban J connectivity index is 2.10. The maximum atomic E-state index is 5.62. The molecule has 0 N–H and O–H groups in total. The van der Waals surface area contributed by atoms with Crippen LogP contribution in [-0.2, 0) is 4.74 Å². The Morgan fingerprint density at radius 2 is 2.17 bits per heavy atom. The molecule has 0 aromatic heterocycles. The van der Waals surface area contributed by atoms with E-state index in [4.69, 9.17) is 4.74 Å². The van der Waals surface area contributed by atoms with Gasteiger partial charge in [-0.2, -0.15) is 0 Å². The van der Waals surface area contributed by atoms with Crippen molar-refractivity contribution in [2.75, 3.05) is 6.61 Å². The van der Waals surface area contributed by atoms with Crippen LogP contribution < -0.4 is 0 Å². The average Bonchev–Trinajstić information content (AvgIpc) is 2.68. The van der Waals surface area contributed by atoms with E-state index >= 15 is 0 Å². The molecule has 1 unspecified atom stereocenters. The molecule has 2 aliphatic rings. The van der Waals surface area contributed by atoms with Gasteiger partial charge < -0.3 is 4.74 Å². The van der Waals surface area contributed by atoms with Crippen molar-refractivity contribution in [1.82, 2.24) is 0 Å².